The molecule has 0 N–H and O–H groups in total. The Balaban J connectivity index is 2.23. The summed E-state index contributed by atoms with van der Waals surface area (Å²) >= 11 is 5.12. The Morgan fingerprint density at radius 2 is 1.78 bits per heavy atom. The van der Waals surface area contributed by atoms with E-state index in [4.69, 9.17) is 12.6 Å². The Morgan fingerprint density at radius 3 is 2.11 bits per heavy atom. The van der Waals surface area contributed by atoms with Crippen molar-refractivity contribution in [3.8, 4) is 0 Å². The van der Waals surface area contributed by atoms with Crippen molar-refractivity contribution < 1.29 is 0 Å². The van der Waals surface area contributed by atoms with Gasteiger partial charge in [0.1, 0.15) is 0 Å². The minimum atomic E-state index is 0.352. The number of rotatable bonds is 1. The number of hydrogen-bond acceptors (Lipinski definition) is 1. The van der Waals surface area contributed by atoms with Crippen molar-refractivity contribution in [1.29, 1.82) is 0 Å². The van der Waals surface area contributed by atoms with Gasteiger partial charge in [0, 0.05) is 0 Å². The van der Waals surface area contributed by atoms with Crippen molar-refractivity contribution in [2.75, 3.05) is 13.1 Å². The van der Waals surface area contributed by atoms with Crippen LogP contribution in [-0.2, 0) is 0 Å². The van der Waals surface area contributed by atoms with Crippen LogP contribution >= 0.6 is 12.6 Å². The first-order valence-corrected chi connectivity index (χ1v) is 4.18. The van der Waals surface area contributed by atoms with Crippen LogP contribution in [0.25, 0.3) is 0 Å². The van der Waals surface area contributed by atoms with Crippen molar-refractivity contribution >= 4 is 12.6 Å². The van der Waals surface area contributed by atoms with E-state index in [2.05, 4.69) is 11.8 Å². The maximum absolute atomic E-state index is 5.12. The summed E-state index contributed by atoms with van der Waals surface area (Å²) in [7, 11) is 0. The Labute approximate surface area is 62.8 Å². The van der Waals surface area contributed by atoms with Gasteiger partial charge in [-0.3, -0.25) is 4.90 Å². The third-order valence-corrected chi connectivity index (χ3v) is 2.20. The molecule has 2 heteroatoms. The lowest BCUT2D eigenvalue weighted by atomic mass is 10.1. The lowest BCUT2D eigenvalue weighted by Crippen LogP contribution is -2.34. The summed E-state index contributed by atoms with van der Waals surface area (Å²) in [4.78, 5) is 2.37. The molecule has 0 spiro atoms. The van der Waals surface area contributed by atoms with E-state index in [9.17, 15) is 0 Å². The second-order valence-electron chi connectivity index (χ2n) is 2.70. The molecule has 1 atom stereocenters. The largest absolute Gasteiger partial charge is 0.291 e. The quantitative estimate of drug-likeness (QED) is 0.544. The van der Waals surface area contributed by atoms with Crippen molar-refractivity contribution in [2.24, 2.45) is 0 Å². The van der Waals surface area contributed by atoms with Crippen LogP contribution in [0.1, 0.15) is 26.2 Å². The van der Waals surface area contributed by atoms with E-state index >= 15 is 0 Å². The van der Waals surface area contributed by atoms with Crippen LogP contribution in [0.2, 0.25) is 0 Å². The monoisotopic (exact) mass is 144 g/mol. The molecule has 0 amide bonds. The molecule has 1 aliphatic heterocycles. The van der Waals surface area contributed by atoms with Gasteiger partial charge in [0.2, 0.25) is 0 Å². The molecule has 1 unspecified atom stereocenters. The predicted octanol–water partition coefficient (Wildman–Crippen LogP) is 2.02. The van der Waals surface area contributed by atoms with Crippen LogP contribution in [0.15, 0.2) is 0 Å². The van der Waals surface area contributed by atoms with E-state index in [1.165, 1.54) is 32.4 Å². The summed E-state index contributed by atoms with van der Waals surface area (Å²) in [6, 6.07) is 0. The highest BCUT2D eigenvalue weighted by Gasteiger charge is 2.12. The summed E-state index contributed by atoms with van der Waals surface area (Å²) in [5, 5.41) is 0.352. The molecule has 1 aliphatic rings. The third-order valence-electron chi connectivity index (χ3n) is 1.90. The van der Waals surface area contributed by atoms with Gasteiger partial charge in [-0.15, -0.1) is 0 Å². The van der Waals surface area contributed by atoms with Crippen LogP contribution in [0.4, 0.5) is 0 Å². The fraction of sp³-hybridized carbons (Fsp3) is 1.00. The van der Waals surface area contributed by atoms with Gasteiger partial charge in [0.15, 0.2) is 0 Å². The predicted molar refractivity (Wildman–Crippen MR) is 42.5 cm³/mol. The number of nitrogens with zero attached hydrogens (tertiary/aromatic N) is 1. The fourth-order valence-corrected chi connectivity index (χ4v) is 1.49. The zero-order valence-electron chi connectivity index (χ0n) is 5.97. The topological polar surface area (TPSA) is 3.24 Å². The first kappa shape index (κ1) is 7.42. The van der Waals surface area contributed by atoms with Gasteiger partial charge < -0.3 is 0 Å². The highest BCUT2D eigenvalue weighted by molar-refractivity contribution is 7.80. The molecule has 1 saturated heterocycles. The summed E-state index contributed by atoms with van der Waals surface area (Å²) in [6.07, 6.45) is 4.10. The van der Waals surface area contributed by atoms with Gasteiger partial charge in [0.05, 0.1) is 5.37 Å². The van der Waals surface area contributed by atoms with E-state index in [1.807, 2.05) is 0 Å². The summed E-state index contributed by atoms with van der Waals surface area (Å²) < 4.78 is 0. The molecule has 1 heterocycles. The van der Waals surface area contributed by atoms with E-state index in [0.717, 1.165) is 0 Å². The maximum atomic E-state index is 5.12. The van der Waals surface area contributed by atoms with Gasteiger partial charge in [-0.1, -0.05) is 19.0 Å². The smallest absolute Gasteiger partial charge is 0.0633 e. The molecule has 0 aromatic heterocycles. The number of likely N-dealkylation sites (tertiary alicyclic amines) is 1. The van der Waals surface area contributed by atoms with E-state index in [0.29, 0.717) is 5.37 Å². The zero-order valence-corrected chi connectivity index (χ0v) is 6.78. The second kappa shape index (κ2) is 3.47. The minimum absolute atomic E-state index is 0.352. The van der Waals surface area contributed by atoms with Gasteiger partial charge in [-0.05, 0) is 32.9 Å². The van der Waals surface area contributed by atoms with Crippen molar-refractivity contribution in [2.45, 2.75) is 31.6 Å². The molecule has 0 bridgehead atoms. The van der Waals surface area contributed by atoms with Crippen LogP contribution in [0.5, 0.6) is 0 Å². The van der Waals surface area contributed by atoms with Crippen LogP contribution in [0, 0.1) is 0 Å². The first-order chi connectivity index (χ1) is 4.30. The normalized spacial score (nSPS) is 26.0. The Hall–Kier alpha value is 0.310. The molecule has 0 aliphatic carbocycles. The van der Waals surface area contributed by atoms with E-state index in [1.54, 1.807) is 0 Å². The van der Waals surface area contributed by atoms with Crippen molar-refractivity contribution in [3.05, 3.63) is 0 Å². The first-order valence-electron chi connectivity index (χ1n) is 3.70. The highest BCUT2D eigenvalue weighted by atomic mass is 32.1. The standard InChI is InChI=1S/C7H14NS/c1-7(9)8-5-3-2-4-6-8/h7H,2-6H2,1H3. The lowest BCUT2D eigenvalue weighted by molar-refractivity contribution is 0.223. The molecule has 0 saturated carbocycles. The Kier molecular flexibility index (Phi) is 2.86. The zero-order chi connectivity index (χ0) is 6.69. The Bertz CT molecular complexity index is 77.0. The Morgan fingerprint density at radius 1 is 1.22 bits per heavy atom. The minimum Gasteiger partial charge on any atom is -0.291 e. The molecular weight excluding hydrogens is 130 g/mol. The van der Waals surface area contributed by atoms with Crippen LogP contribution in [0.3, 0.4) is 0 Å². The summed E-state index contributed by atoms with van der Waals surface area (Å²) in [6.45, 7) is 4.55. The number of piperidine rings is 1. The second-order valence-corrected chi connectivity index (χ2v) is 3.38. The van der Waals surface area contributed by atoms with Crippen LogP contribution < -0.4 is 0 Å². The molecule has 1 rings (SSSR count). The molecule has 1 nitrogen and oxygen atoms in total. The van der Waals surface area contributed by atoms with Crippen molar-refractivity contribution in [3.63, 3.8) is 0 Å². The lowest BCUT2D eigenvalue weighted by Gasteiger charge is -2.28. The summed E-state index contributed by atoms with van der Waals surface area (Å²) in [5.74, 6) is 0. The highest BCUT2D eigenvalue weighted by Crippen LogP contribution is 2.12. The SMILES string of the molecule is CC([S])N1CCCCC1. The average Bonchev–Trinajstić information content (AvgIpc) is 1.90. The molecule has 1 radical (unpaired) electrons. The molecule has 1 fully saturated rings. The molecule has 53 valence electrons. The van der Waals surface area contributed by atoms with Gasteiger partial charge >= 0.3 is 0 Å². The van der Waals surface area contributed by atoms with Gasteiger partial charge in [-0.25, -0.2) is 0 Å². The van der Waals surface area contributed by atoms with Crippen LogP contribution in [-0.4, -0.2) is 23.4 Å². The summed E-state index contributed by atoms with van der Waals surface area (Å²) in [5.41, 5.74) is 0. The number of hydrogen-bond donors (Lipinski definition) is 0. The fourth-order valence-electron chi connectivity index (χ4n) is 1.28. The third kappa shape index (κ3) is 2.18. The molecule has 0 aromatic rings. The van der Waals surface area contributed by atoms with Gasteiger partial charge in [0.25, 0.3) is 0 Å². The average molecular weight is 144 g/mol. The maximum Gasteiger partial charge on any atom is 0.0633 e. The van der Waals surface area contributed by atoms with Crippen molar-refractivity contribution in [1.82, 2.24) is 4.90 Å². The molecule has 9 heavy (non-hydrogen) atoms. The van der Waals surface area contributed by atoms with E-state index < -0.39 is 0 Å². The molecule has 0 aromatic carbocycles. The molecular formula is C7H14NS. The van der Waals surface area contributed by atoms with E-state index in [-0.39, 0.29) is 0 Å². The van der Waals surface area contributed by atoms with Gasteiger partial charge in [-0.2, -0.15) is 0 Å².